The number of nitrogens with zero attached hydrogens (tertiary/aromatic N) is 3. The third-order valence-corrected chi connectivity index (χ3v) is 3.59. The van der Waals surface area contributed by atoms with E-state index in [0.717, 1.165) is 32.1 Å². The van der Waals surface area contributed by atoms with E-state index in [0.29, 0.717) is 5.92 Å². The first kappa shape index (κ1) is 11.0. The summed E-state index contributed by atoms with van der Waals surface area (Å²) < 4.78 is 0. The summed E-state index contributed by atoms with van der Waals surface area (Å²) in [7, 11) is 0. The number of anilines is 1. The van der Waals surface area contributed by atoms with Crippen LogP contribution in [-0.4, -0.2) is 36.1 Å². The molecule has 2 heterocycles. The van der Waals surface area contributed by atoms with Gasteiger partial charge in [0.1, 0.15) is 0 Å². The summed E-state index contributed by atoms with van der Waals surface area (Å²) in [5.41, 5.74) is 2.54. The molecule has 17 heavy (non-hydrogen) atoms. The minimum absolute atomic E-state index is 0.710. The predicted molar refractivity (Wildman–Crippen MR) is 68.4 cm³/mol. The van der Waals surface area contributed by atoms with E-state index in [1.54, 1.807) is 0 Å². The summed E-state index contributed by atoms with van der Waals surface area (Å²) >= 11 is 0. The summed E-state index contributed by atoms with van der Waals surface area (Å²) in [6.45, 7) is 6.36. The maximum absolute atomic E-state index is 4.79. The fourth-order valence-corrected chi connectivity index (χ4v) is 2.41. The van der Waals surface area contributed by atoms with Crippen LogP contribution in [0.15, 0.2) is 6.20 Å². The molecule has 4 nitrogen and oxygen atoms in total. The number of aromatic nitrogens is 2. The molecule has 1 N–H and O–H groups in total. The van der Waals surface area contributed by atoms with E-state index in [1.165, 1.54) is 30.5 Å². The Morgan fingerprint density at radius 1 is 1.29 bits per heavy atom. The van der Waals surface area contributed by atoms with Crippen LogP contribution in [-0.2, 0) is 0 Å². The van der Waals surface area contributed by atoms with Gasteiger partial charge in [-0.25, -0.2) is 9.97 Å². The zero-order valence-electron chi connectivity index (χ0n) is 10.4. The Kier molecular flexibility index (Phi) is 2.97. The van der Waals surface area contributed by atoms with Gasteiger partial charge in [0, 0.05) is 31.7 Å². The Hall–Kier alpha value is -1.16. The molecule has 1 aliphatic carbocycles. The van der Waals surface area contributed by atoms with Crippen molar-refractivity contribution >= 4 is 5.95 Å². The maximum Gasteiger partial charge on any atom is 0.225 e. The highest BCUT2D eigenvalue weighted by Crippen LogP contribution is 2.40. The van der Waals surface area contributed by atoms with Crippen molar-refractivity contribution in [2.75, 3.05) is 31.1 Å². The fourth-order valence-electron chi connectivity index (χ4n) is 2.41. The summed E-state index contributed by atoms with van der Waals surface area (Å²) in [5, 5.41) is 3.41. The SMILES string of the molecule is Cc1cnc(N2CCCNCC2)nc1C1CC1. The van der Waals surface area contributed by atoms with Crippen LogP contribution in [0.5, 0.6) is 0 Å². The molecule has 1 aliphatic heterocycles. The van der Waals surface area contributed by atoms with Crippen molar-refractivity contribution in [2.24, 2.45) is 0 Å². The summed E-state index contributed by atoms with van der Waals surface area (Å²) in [6.07, 6.45) is 5.78. The Balaban J connectivity index is 1.83. The lowest BCUT2D eigenvalue weighted by atomic mass is 10.2. The van der Waals surface area contributed by atoms with E-state index < -0.39 is 0 Å². The van der Waals surface area contributed by atoms with Crippen molar-refractivity contribution in [2.45, 2.75) is 32.1 Å². The smallest absolute Gasteiger partial charge is 0.225 e. The molecule has 0 amide bonds. The van der Waals surface area contributed by atoms with Crippen molar-refractivity contribution < 1.29 is 0 Å². The van der Waals surface area contributed by atoms with Gasteiger partial charge in [-0.3, -0.25) is 0 Å². The molecule has 2 aliphatic rings. The van der Waals surface area contributed by atoms with Gasteiger partial charge in [0.05, 0.1) is 5.69 Å². The maximum atomic E-state index is 4.79. The highest BCUT2D eigenvalue weighted by Gasteiger charge is 2.27. The summed E-state index contributed by atoms with van der Waals surface area (Å²) in [5.74, 6) is 1.64. The van der Waals surface area contributed by atoms with Crippen LogP contribution in [0, 0.1) is 6.92 Å². The second kappa shape index (κ2) is 4.61. The molecular formula is C13H20N4. The number of hydrogen-bond acceptors (Lipinski definition) is 4. The van der Waals surface area contributed by atoms with E-state index in [9.17, 15) is 0 Å². The molecule has 1 aromatic rings. The van der Waals surface area contributed by atoms with Gasteiger partial charge in [0.15, 0.2) is 0 Å². The molecule has 1 saturated carbocycles. The molecule has 0 atom stereocenters. The first-order valence-electron chi connectivity index (χ1n) is 6.64. The molecule has 0 bridgehead atoms. The highest BCUT2D eigenvalue weighted by molar-refractivity contribution is 5.35. The molecule has 0 radical (unpaired) electrons. The first-order chi connectivity index (χ1) is 8.34. The molecule has 2 fully saturated rings. The highest BCUT2D eigenvalue weighted by atomic mass is 15.3. The molecule has 0 spiro atoms. The van der Waals surface area contributed by atoms with Crippen molar-refractivity contribution in [1.82, 2.24) is 15.3 Å². The Morgan fingerprint density at radius 2 is 2.18 bits per heavy atom. The lowest BCUT2D eigenvalue weighted by Crippen LogP contribution is -2.29. The lowest BCUT2D eigenvalue weighted by Gasteiger charge is -2.20. The number of hydrogen-bond donors (Lipinski definition) is 1. The standard InChI is InChI=1S/C13H20N4/c1-10-9-15-13(16-12(10)11-3-4-11)17-7-2-5-14-6-8-17/h9,11,14H,2-8H2,1H3. The minimum Gasteiger partial charge on any atom is -0.339 e. The van der Waals surface area contributed by atoms with Crippen molar-refractivity contribution in [3.63, 3.8) is 0 Å². The molecule has 1 aromatic heterocycles. The summed E-state index contributed by atoms with van der Waals surface area (Å²) in [4.78, 5) is 11.6. The monoisotopic (exact) mass is 232 g/mol. The van der Waals surface area contributed by atoms with Gasteiger partial charge in [-0.05, 0) is 38.3 Å². The molecule has 0 aromatic carbocycles. The Labute approximate surface area is 102 Å². The number of aryl methyl sites for hydroxylation is 1. The molecule has 92 valence electrons. The zero-order chi connectivity index (χ0) is 11.7. The van der Waals surface area contributed by atoms with Gasteiger partial charge in [-0.15, -0.1) is 0 Å². The second-order valence-electron chi connectivity index (χ2n) is 5.10. The third kappa shape index (κ3) is 2.41. The average molecular weight is 232 g/mol. The van der Waals surface area contributed by atoms with Gasteiger partial charge in [-0.2, -0.15) is 0 Å². The van der Waals surface area contributed by atoms with E-state index in [2.05, 4.69) is 22.1 Å². The Bertz CT molecular complexity index is 392. The number of rotatable bonds is 2. The topological polar surface area (TPSA) is 41.1 Å². The molecule has 4 heteroatoms. The average Bonchev–Trinajstić information content (AvgIpc) is 3.17. The molecule has 1 saturated heterocycles. The van der Waals surface area contributed by atoms with Gasteiger partial charge in [-0.1, -0.05) is 0 Å². The van der Waals surface area contributed by atoms with Gasteiger partial charge in [0.2, 0.25) is 5.95 Å². The van der Waals surface area contributed by atoms with E-state index in [1.807, 2.05) is 6.20 Å². The first-order valence-corrected chi connectivity index (χ1v) is 6.64. The van der Waals surface area contributed by atoms with Gasteiger partial charge >= 0.3 is 0 Å². The normalized spacial score (nSPS) is 21.4. The summed E-state index contributed by atoms with van der Waals surface area (Å²) in [6, 6.07) is 0. The predicted octanol–water partition coefficient (Wildman–Crippen LogP) is 1.46. The third-order valence-electron chi connectivity index (χ3n) is 3.59. The molecule has 3 rings (SSSR count). The van der Waals surface area contributed by atoms with Crippen LogP contribution in [0.4, 0.5) is 5.95 Å². The second-order valence-corrected chi connectivity index (χ2v) is 5.10. The fraction of sp³-hybridized carbons (Fsp3) is 0.692. The largest absolute Gasteiger partial charge is 0.339 e. The quantitative estimate of drug-likeness (QED) is 0.838. The van der Waals surface area contributed by atoms with Crippen molar-refractivity contribution in [3.8, 4) is 0 Å². The Morgan fingerprint density at radius 3 is 3.00 bits per heavy atom. The van der Waals surface area contributed by atoms with Crippen LogP contribution in [0.1, 0.15) is 36.4 Å². The van der Waals surface area contributed by atoms with Crippen LogP contribution >= 0.6 is 0 Å². The van der Waals surface area contributed by atoms with Crippen molar-refractivity contribution in [1.29, 1.82) is 0 Å². The lowest BCUT2D eigenvalue weighted by molar-refractivity contribution is 0.724. The van der Waals surface area contributed by atoms with Gasteiger partial charge in [0.25, 0.3) is 0 Å². The van der Waals surface area contributed by atoms with E-state index >= 15 is 0 Å². The molecule has 0 unspecified atom stereocenters. The van der Waals surface area contributed by atoms with E-state index in [4.69, 9.17) is 4.98 Å². The van der Waals surface area contributed by atoms with Crippen molar-refractivity contribution in [3.05, 3.63) is 17.5 Å². The minimum atomic E-state index is 0.710. The zero-order valence-corrected chi connectivity index (χ0v) is 10.4. The van der Waals surface area contributed by atoms with Crippen LogP contribution < -0.4 is 10.2 Å². The van der Waals surface area contributed by atoms with E-state index in [-0.39, 0.29) is 0 Å². The van der Waals surface area contributed by atoms with Crippen LogP contribution in [0.2, 0.25) is 0 Å². The van der Waals surface area contributed by atoms with Crippen LogP contribution in [0.3, 0.4) is 0 Å². The van der Waals surface area contributed by atoms with Crippen LogP contribution in [0.25, 0.3) is 0 Å². The number of nitrogens with one attached hydrogen (secondary N) is 1. The molecular weight excluding hydrogens is 212 g/mol. The van der Waals surface area contributed by atoms with Gasteiger partial charge < -0.3 is 10.2 Å².